The van der Waals surface area contributed by atoms with Crippen molar-refractivity contribution in [2.45, 2.75) is 19.8 Å². The van der Waals surface area contributed by atoms with E-state index in [1.807, 2.05) is 31.2 Å². The molecule has 0 aliphatic heterocycles. The van der Waals surface area contributed by atoms with Crippen LogP contribution in [0.1, 0.15) is 39.3 Å². The van der Waals surface area contributed by atoms with Gasteiger partial charge in [0.05, 0.1) is 6.61 Å². The number of nitrogens with one attached hydrogen (secondary N) is 1. The molecule has 2 N–H and O–H groups in total. The second kappa shape index (κ2) is 8.67. The molecule has 6 nitrogen and oxygen atoms in total. The number of rotatable bonds is 8. The van der Waals surface area contributed by atoms with E-state index in [1.165, 1.54) is 23.9 Å². The van der Waals surface area contributed by atoms with Crippen molar-refractivity contribution in [1.82, 2.24) is 10.3 Å². The highest BCUT2D eigenvalue weighted by Gasteiger charge is 2.10. The van der Waals surface area contributed by atoms with E-state index in [0.717, 1.165) is 18.6 Å². The van der Waals surface area contributed by atoms with Crippen molar-refractivity contribution >= 4 is 11.9 Å². The van der Waals surface area contributed by atoms with E-state index < -0.39 is 5.97 Å². The number of aromatic nitrogens is 1. The third-order valence-corrected chi connectivity index (χ3v) is 3.39. The summed E-state index contributed by atoms with van der Waals surface area (Å²) in [6.07, 6.45) is 2.90. The highest BCUT2D eigenvalue weighted by molar-refractivity contribution is 5.96. The third kappa shape index (κ3) is 5.39. The minimum atomic E-state index is -1.15. The van der Waals surface area contributed by atoms with Gasteiger partial charge < -0.3 is 15.2 Å². The molecule has 0 fully saturated rings. The standard InChI is InChI=1S/C18H20N2O4/c1-13-4-6-15(7-5-13)24-11-3-2-9-20-17(21)14-8-10-19-16(12-14)18(22)23/h4-8,10,12H,2-3,9,11H2,1H3,(H,20,21)(H,22,23). The summed E-state index contributed by atoms with van der Waals surface area (Å²) in [4.78, 5) is 26.5. The first-order valence-corrected chi connectivity index (χ1v) is 7.73. The number of carbonyl (C=O) groups excluding carboxylic acids is 1. The molecule has 0 aliphatic rings. The number of pyridine rings is 1. The van der Waals surface area contributed by atoms with Gasteiger partial charge in [0.1, 0.15) is 11.4 Å². The molecule has 0 aliphatic carbocycles. The van der Waals surface area contributed by atoms with E-state index in [4.69, 9.17) is 9.84 Å². The Labute approximate surface area is 140 Å². The Kier molecular flexibility index (Phi) is 6.31. The average Bonchev–Trinajstić information content (AvgIpc) is 2.59. The zero-order valence-corrected chi connectivity index (χ0v) is 13.5. The third-order valence-electron chi connectivity index (χ3n) is 3.39. The first-order valence-electron chi connectivity index (χ1n) is 7.73. The number of nitrogens with zero attached hydrogens (tertiary/aromatic N) is 1. The number of aromatic carboxylic acids is 1. The zero-order chi connectivity index (χ0) is 17.4. The summed E-state index contributed by atoms with van der Waals surface area (Å²) in [5.74, 6) is -0.625. The van der Waals surface area contributed by atoms with E-state index >= 15 is 0 Å². The zero-order valence-electron chi connectivity index (χ0n) is 13.5. The van der Waals surface area contributed by atoms with Crippen LogP contribution in [0.4, 0.5) is 0 Å². The van der Waals surface area contributed by atoms with Gasteiger partial charge in [0.15, 0.2) is 0 Å². The monoisotopic (exact) mass is 328 g/mol. The van der Waals surface area contributed by atoms with Gasteiger partial charge >= 0.3 is 5.97 Å². The molecule has 0 unspecified atom stereocenters. The fraction of sp³-hybridized carbons (Fsp3) is 0.278. The van der Waals surface area contributed by atoms with Crippen LogP contribution in [0.5, 0.6) is 5.75 Å². The molecule has 0 spiro atoms. The summed E-state index contributed by atoms with van der Waals surface area (Å²) in [6.45, 7) is 3.10. The predicted molar refractivity (Wildman–Crippen MR) is 89.4 cm³/mol. The van der Waals surface area contributed by atoms with Crippen LogP contribution in [-0.2, 0) is 0 Å². The first-order chi connectivity index (χ1) is 11.6. The molecular weight excluding hydrogens is 308 g/mol. The number of ether oxygens (including phenoxy) is 1. The summed E-state index contributed by atoms with van der Waals surface area (Å²) in [5.41, 5.74) is 1.33. The van der Waals surface area contributed by atoms with Crippen molar-refractivity contribution in [2.24, 2.45) is 0 Å². The predicted octanol–water partition coefficient (Wildman–Crippen LogP) is 2.68. The molecule has 0 saturated carbocycles. The van der Waals surface area contributed by atoms with Crippen molar-refractivity contribution in [1.29, 1.82) is 0 Å². The Hall–Kier alpha value is -2.89. The van der Waals surface area contributed by atoms with Gasteiger partial charge in [-0.15, -0.1) is 0 Å². The van der Waals surface area contributed by atoms with Gasteiger partial charge in [-0.2, -0.15) is 0 Å². The van der Waals surface area contributed by atoms with Crippen molar-refractivity contribution in [3.05, 3.63) is 59.4 Å². The molecule has 0 saturated heterocycles. The summed E-state index contributed by atoms with van der Waals surface area (Å²) < 4.78 is 5.61. The van der Waals surface area contributed by atoms with E-state index in [0.29, 0.717) is 18.7 Å². The molecule has 1 aromatic carbocycles. The number of aryl methyl sites for hydroxylation is 1. The van der Waals surface area contributed by atoms with Crippen LogP contribution in [0.2, 0.25) is 0 Å². The van der Waals surface area contributed by atoms with Crippen LogP contribution in [0, 0.1) is 6.92 Å². The summed E-state index contributed by atoms with van der Waals surface area (Å²) in [5, 5.41) is 11.6. The van der Waals surface area contributed by atoms with E-state index in [9.17, 15) is 9.59 Å². The number of benzene rings is 1. The van der Waals surface area contributed by atoms with Gasteiger partial charge in [-0.05, 0) is 44.0 Å². The number of carboxylic acids is 1. The molecule has 0 atom stereocenters. The second-order valence-electron chi connectivity index (χ2n) is 5.36. The highest BCUT2D eigenvalue weighted by Crippen LogP contribution is 2.11. The number of hydrogen-bond donors (Lipinski definition) is 2. The van der Waals surface area contributed by atoms with Crippen molar-refractivity contribution in [2.75, 3.05) is 13.2 Å². The maximum absolute atomic E-state index is 11.9. The molecule has 2 rings (SSSR count). The minimum absolute atomic E-state index is 0.144. The van der Waals surface area contributed by atoms with Crippen LogP contribution < -0.4 is 10.1 Å². The first kappa shape index (κ1) is 17.5. The largest absolute Gasteiger partial charge is 0.494 e. The van der Waals surface area contributed by atoms with Gasteiger partial charge in [0.25, 0.3) is 5.91 Å². The molecule has 126 valence electrons. The van der Waals surface area contributed by atoms with Gasteiger partial charge in [-0.3, -0.25) is 4.79 Å². The molecule has 0 radical (unpaired) electrons. The van der Waals surface area contributed by atoms with Gasteiger partial charge in [0, 0.05) is 18.3 Å². The second-order valence-corrected chi connectivity index (χ2v) is 5.36. The number of carboxylic acid groups (broad SMARTS) is 1. The molecule has 1 amide bonds. The fourth-order valence-corrected chi connectivity index (χ4v) is 2.04. The SMILES string of the molecule is Cc1ccc(OCCCCNC(=O)c2ccnc(C(=O)O)c2)cc1. The molecule has 6 heteroatoms. The summed E-state index contributed by atoms with van der Waals surface area (Å²) >= 11 is 0. The Balaban J connectivity index is 1.66. The lowest BCUT2D eigenvalue weighted by molar-refractivity contribution is 0.0690. The Morgan fingerprint density at radius 2 is 1.92 bits per heavy atom. The van der Waals surface area contributed by atoms with Crippen LogP contribution in [0.25, 0.3) is 0 Å². The van der Waals surface area contributed by atoms with E-state index in [-0.39, 0.29) is 11.6 Å². The smallest absolute Gasteiger partial charge is 0.354 e. The highest BCUT2D eigenvalue weighted by atomic mass is 16.5. The van der Waals surface area contributed by atoms with Gasteiger partial charge in [-0.25, -0.2) is 9.78 Å². The lowest BCUT2D eigenvalue weighted by Gasteiger charge is -2.07. The maximum atomic E-state index is 11.9. The maximum Gasteiger partial charge on any atom is 0.354 e. The Bertz CT molecular complexity index is 698. The van der Waals surface area contributed by atoms with Crippen LogP contribution in [0.3, 0.4) is 0 Å². The van der Waals surface area contributed by atoms with Gasteiger partial charge in [-0.1, -0.05) is 17.7 Å². The van der Waals surface area contributed by atoms with Crippen LogP contribution in [-0.4, -0.2) is 35.1 Å². The van der Waals surface area contributed by atoms with Crippen LogP contribution >= 0.6 is 0 Å². The number of amides is 1. The van der Waals surface area contributed by atoms with Gasteiger partial charge in [0.2, 0.25) is 0 Å². The molecule has 1 aromatic heterocycles. The fourth-order valence-electron chi connectivity index (χ4n) is 2.04. The van der Waals surface area contributed by atoms with Crippen molar-refractivity contribution < 1.29 is 19.4 Å². The Morgan fingerprint density at radius 1 is 1.17 bits per heavy atom. The number of unbranched alkanes of at least 4 members (excludes halogenated alkanes) is 1. The average molecular weight is 328 g/mol. The molecule has 2 aromatic rings. The van der Waals surface area contributed by atoms with E-state index in [2.05, 4.69) is 10.3 Å². The summed E-state index contributed by atoms with van der Waals surface area (Å²) in [7, 11) is 0. The van der Waals surface area contributed by atoms with Crippen molar-refractivity contribution in [3.63, 3.8) is 0 Å². The van der Waals surface area contributed by atoms with Crippen LogP contribution in [0.15, 0.2) is 42.6 Å². The molecule has 1 heterocycles. The summed E-state index contributed by atoms with van der Waals surface area (Å²) in [6, 6.07) is 10.6. The number of hydrogen-bond acceptors (Lipinski definition) is 4. The lowest BCUT2D eigenvalue weighted by Crippen LogP contribution is -2.25. The normalized spacial score (nSPS) is 10.2. The Morgan fingerprint density at radius 3 is 2.62 bits per heavy atom. The minimum Gasteiger partial charge on any atom is -0.494 e. The molecule has 24 heavy (non-hydrogen) atoms. The molecular formula is C18H20N2O4. The topological polar surface area (TPSA) is 88.5 Å². The number of carbonyl (C=O) groups is 2. The molecule has 0 bridgehead atoms. The quantitative estimate of drug-likeness (QED) is 0.727. The van der Waals surface area contributed by atoms with Crippen molar-refractivity contribution in [3.8, 4) is 5.75 Å². The van der Waals surface area contributed by atoms with E-state index in [1.54, 1.807) is 0 Å². The lowest BCUT2D eigenvalue weighted by atomic mass is 10.2.